The largest absolute Gasteiger partial charge is 1.00 e. The standard InChI is InChI=1S/C3H5ClO3.Na.H/c1-7-3(6)2(4)5;;/h2,5H,1H3;;/q;+1;-1. The zero-order valence-electron chi connectivity index (χ0n) is 5.72. The van der Waals surface area contributed by atoms with Crippen LogP contribution >= 0.6 is 11.6 Å². The molecule has 1 N–H and O–H groups in total. The number of methoxy groups -OCH3 is 1. The number of hydrogen-bond acceptors (Lipinski definition) is 3. The number of ether oxygens (including phenoxy) is 1. The molecule has 0 heterocycles. The Morgan fingerprint density at radius 1 is 2.00 bits per heavy atom. The topological polar surface area (TPSA) is 46.5 Å². The van der Waals surface area contributed by atoms with Gasteiger partial charge in [-0.25, -0.2) is 4.79 Å². The second kappa shape index (κ2) is 5.85. The minimum absolute atomic E-state index is 0. The molecule has 0 aliphatic rings. The maximum atomic E-state index is 9.91. The molecule has 0 aromatic heterocycles. The van der Waals surface area contributed by atoms with Crippen LogP contribution in [0.4, 0.5) is 0 Å². The molecule has 0 saturated carbocycles. The average molecular weight is 149 g/mol. The fraction of sp³-hybridized carbons (Fsp3) is 0.667. The monoisotopic (exact) mass is 148 g/mol. The summed E-state index contributed by atoms with van der Waals surface area (Å²) in [5.41, 5.74) is -1.52. The molecule has 0 bridgehead atoms. The molecule has 8 heavy (non-hydrogen) atoms. The van der Waals surface area contributed by atoms with Gasteiger partial charge in [0.2, 0.25) is 5.56 Å². The fourth-order valence-electron chi connectivity index (χ4n) is 0.0972. The van der Waals surface area contributed by atoms with Crippen molar-refractivity contribution in [3.63, 3.8) is 0 Å². The Balaban J connectivity index is -0.000000180. The molecule has 3 nitrogen and oxygen atoms in total. The van der Waals surface area contributed by atoms with Crippen LogP contribution in [0.1, 0.15) is 1.43 Å². The Hall–Kier alpha value is 0.720. The van der Waals surface area contributed by atoms with E-state index in [4.69, 9.17) is 16.7 Å². The Morgan fingerprint density at radius 2 is 2.38 bits per heavy atom. The van der Waals surface area contributed by atoms with Crippen LogP contribution in [0, 0.1) is 0 Å². The number of esters is 1. The first kappa shape index (κ1) is 11.5. The molecule has 0 saturated heterocycles. The molecule has 0 spiro atoms. The van der Waals surface area contributed by atoms with Gasteiger partial charge in [0, 0.05) is 0 Å². The molecular weight excluding hydrogens is 142 g/mol. The van der Waals surface area contributed by atoms with E-state index in [1.165, 1.54) is 0 Å². The van der Waals surface area contributed by atoms with Crippen LogP contribution in [0.2, 0.25) is 0 Å². The SMILES string of the molecule is COC(=O)C(O)Cl.[H-].[Na+]. The van der Waals surface area contributed by atoms with Gasteiger partial charge >= 0.3 is 35.5 Å². The Labute approximate surface area is 75.7 Å². The maximum absolute atomic E-state index is 9.91. The van der Waals surface area contributed by atoms with E-state index < -0.39 is 11.5 Å². The Morgan fingerprint density at radius 3 is 2.38 bits per heavy atom. The molecule has 0 aliphatic carbocycles. The first-order valence-electron chi connectivity index (χ1n) is 1.58. The number of halogens is 1. The van der Waals surface area contributed by atoms with Gasteiger partial charge in [0.15, 0.2) is 0 Å². The van der Waals surface area contributed by atoms with Crippen molar-refractivity contribution in [2.24, 2.45) is 0 Å². The van der Waals surface area contributed by atoms with Crippen molar-refractivity contribution < 1.29 is 45.6 Å². The quantitative estimate of drug-likeness (QED) is 0.243. The van der Waals surface area contributed by atoms with E-state index in [9.17, 15) is 4.79 Å². The van der Waals surface area contributed by atoms with Crippen molar-refractivity contribution in [1.29, 1.82) is 0 Å². The van der Waals surface area contributed by atoms with Gasteiger partial charge < -0.3 is 11.3 Å². The number of rotatable bonds is 1. The minimum atomic E-state index is -1.52. The van der Waals surface area contributed by atoms with E-state index in [1.54, 1.807) is 0 Å². The van der Waals surface area contributed by atoms with Crippen LogP contribution in [-0.4, -0.2) is 23.7 Å². The number of alkyl halides is 1. The summed E-state index contributed by atoms with van der Waals surface area (Å²) in [6.07, 6.45) is 0. The molecule has 0 radical (unpaired) electrons. The van der Waals surface area contributed by atoms with E-state index >= 15 is 0 Å². The van der Waals surface area contributed by atoms with Crippen LogP contribution < -0.4 is 29.6 Å². The molecule has 1 unspecified atom stereocenters. The smallest absolute Gasteiger partial charge is 1.00 e. The van der Waals surface area contributed by atoms with Crippen molar-refractivity contribution >= 4 is 17.6 Å². The van der Waals surface area contributed by atoms with Crippen molar-refractivity contribution in [2.75, 3.05) is 7.11 Å². The van der Waals surface area contributed by atoms with E-state index in [1.807, 2.05) is 0 Å². The molecule has 0 aromatic carbocycles. The van der Waals surface area contributed by atoms with Gasteiger partial charge in [0.05, 0.1) is 7.11 Å². The number of aliphatic hydroxyl groups excluding tert-OH is 1. The fourth-order valence-corrected chi connectivity index (χ4v) is 0.186. The summed E-state index contributed by atoms with van der Waals surface area (Å²) < 4.78 is 3.99. The van der Waals surface area contributed by atoms with Gasteiger partial charge in [-0.2, -0.15) is 0 Å². The van der Waals surface area contributed by atoms with E-state index in [0.717, 1.165) is 7.11 Å². The summed E-state index contributed by atoms with van der Waals surface area (Å²) in [5, 5.41) is 8.11. The molecule has 0 fully saturated rings. The predicted octanol–water partition coefficient (Wildman–Crippen LogP) is -3.17. The second-order valence-electron chi connectivity index (χ2n) is 0.859. The van der Waals surface area contributed by atoms with Crippen molar-refractivity contribution in [1.82, 2.24) is 0 Å². The molecule has 0 aliphatic heterocycles. The summed E-state index contributed by atoms with van der Waals surface area (Å²) in [6, 6.07) is 0. The van der Waals surface area contributed by atoms with Gasteiger partial charge in [-0.3, -0.25) is 0 Å². The molecule has 0 rings (SSSR count). The van der Waals surface area contributed by atoms with Gasteiger partial charge in [0.1, 0.15) is 0 Å². The van der Waals surface area contributed by atoms with Crippen molar-refractivity contribution in [3.05, 3.63) is 0 Å². The minimum Gasteiger partial charge on any atom is -1.00 e. The number of carbonyl (C=O) groups excluding carboxylic acids is 1. The van der Waals surface area contributed by atoms with Gasteiger partial charge in [-0.15, -0.1) is 0 Å². The molecule has 1 atom stereocenters. The van der Waals surface area contributed by atoms with Gasteiger partial charge in [-0.05, 0) is 0 Å². The summed E-state index contributed by atoms with van der Waals surface area (Å²) in [7, 11) is 1.15. The van der Waals surface area contributed by atoms with E-state index in [2.05, 4.69) is 4.74 Å². The van der Waals surface area contributed by atoms with Crippen molar-refractivity contribution in [3.8, 4) is 0 Å². The normalized spacial score (nSPS) is 11.4. The average Bonchev–Trinajstić information content (AvgIpc) is 1.65. The van der Waals surface area contributed by atoms with E-state index in [-0.39, 0.29) is 31.0 Å². The Kier molecular flexibility index (Phi) is 8.41. The molecule has 5 heteroatoms. The third-order valence-electron chi connectivity index (χ3n) is 0.396. The predicted molar refractivity (Wildman–Crippen MR) is 25.0 cm³/mol. The Bertz CT molecular complexity index is 79.5. The van der Waals surface area contributed by atoms with Crippen LogP contribution in [0.15, 0.2) is 0 Å². The van der Waals surface area contributed by atoms with Crippen LogP contribution in [0.25, 0.3) is 0 Å². The zero-order chi connectivity index (χ0) is 5.86. The number of carbonyl (C=O) groups is 1. The van der Waals surface area contributed by atoms with Crippen LogP contribution in [0.3, 0.4) is 0 Å². The van der Waals surface area contributed by atoms with Crippen LogP contribution in [0.5, 0.6) is 0 Å². The summed E-state index contributed by atoms with van der Waals surface area (Å²) >= 11 is 4.81. The number of aliphatic hydroxyl groups is 1. The molecule has 0 amide bonds. The summed E-state index contributed by atoms with van der Waals surface area (Å²) in [4.78, 5) is 9.91. The van der Waals surface area contributed by atoms with Gasteiger partial charge in [0.25, 0.3) is 0 Å². The second-order valence-corrected chi connectivity index (χ2v) is 1.27. The maximum Gasteiger partial charge on any atom is 1.00 e. The van der Waals surface area contributed by atoms with Crippen molar-refractivity contribution in [2.45, 2.75) is 5.56 Å². The van der Waals surface area contributed by atoms with Gasteiger partial charge in [-0.1, -0.05) is 11.6 Å². The third-order valence-corrected chi connectivity index (χ3v) is 0.574. The zero-order valence-corrected chi connectivity index (χ0v) is 7.47. The van der Waals surface area contributed by atoms with E-state index in [0.29, 0.717) is 0 Å². The molecule has 44 valence electrons. The number of hydrogen-bond donors (Lipinski definition) is 1. The molecule has 0 aromatic rings. The third kappa shape index (κ3) is 4.87. The first-order chi connectivity index (χ1) is 3.18. The first-order valence-corrected chi connectivity index (χ1v) is 2.02. The van der Waals surface area contributed by atoms with Crippen LogP contribution in [-0.2, 0) is 9.53 Å². The summed E-state index contributed by atoms with van der Waals surface area (Å²) in [6.45, 7) is 0. The molecular formula is C3H6ClNaO3. The summed E-state index contributed by atoms with van der Waals surface area (Å²) in [5.74, 6) is -0.832.